The highest BCUT2D eigenvalue weighted by Gasteiger charge is 2.10. The molecule has 0 aliphatic carbocycles. The van der Waals surface area contributed by atoms with Crippen molar-refractivity contribution >= 4 is 15.9 Å². The topological polar surface area (TPSA) is 39.7 Å². The van der Waals surface area contributed by atoms with E-state index in [0.717, 1.165) is 34.6 Å². The second-order valence-corrected chi connectivity index (χ2v) is 4.78. The number of halogens is 1. The van der Waals surface area contributed by atoms with Crippen molar-refractivity contribution in [1.82, 2.24) is 5.32 Å². The van der Waals surface area contributed by atoms with Crippen LogP contribution < -0.4 is 14.8 Å². The maximum Gasteiger partial charge on any atom is 0.162 e. The van der Waals surface area contributed by atoms with Crippen LogP contribution in [0, 0.1) is 0 Å². The molecule has 0 aliphatic heterocycles. The zero-order valence-corrected chi connectivity index (χ0v) is 13.4. The van der Waals surface area contributed by atoms with Crippen molar-refractivity contribution in [2.45, 2.75) is 20.4 Å². The molecular formula is C14H22BrNO3. The van der Waals surface area contributed by atoms with Crippen LogP contribution in [0.3, 0.4) is 0 Å². The van der Waals surface area contributed by atoms with Gasteiger partial charge in [0.2, 0.25) is 0 Å². The summed E-state index contributed by atoms with van der Waals surface area (Å²) < 4.78 is 17.2. The Bertz CT molecular complexity index is 385. The maximum atomic E-state index is 5.61. The van der Waals surface area contributed by atoms with Crippen LogP contribution in [-0.4, -0.2) is 33.5 Å². The Kier molecular flexibility index (Phi) is 7.86. The van der Waals surface area contributed by atoms with E-state index in [-0.39, 0.29) is 0 Å². The number of ether oxygens (including phenoxy) is 3. The fraction of sp³-hybridized carbons (Fsp3) is 0.571. The summed E-state index contributed by atoms with van der Waals surface area (Å²) in [6.07, 6.45) is 0. The number of hydrogen-bond donors (Lipinski definition) is 1. The Morgan fingerprint density at radius 2 is 1.74 bits per heavy atom. The van der Waals surface area contributed by atoms with Crippen LogP contribution in [0.2, 0.25) is 0 Å². The largest absolute Gasteiger partial charge is 0.490 e. The molecule has 19 heavy (non-hydrogen) atoms. The first-order valence-corrected chi connectivity index (χ1v) is 7.29. The molecule has 0 aromatic heterocycles. The highest BCUT2D eigenvalue weighted by atomic mass is 79.9. The summed E-state index contributed by atoms with van der Waals surface area (Å²) in [6, 6.07) is 3.97. The first kappa shape index (κ1) is 16.3. The number of nitrogens with one attached hydrogen (secondary N) is 1. The lowest BCUT2D eigenvalue weighted by atomic mass is 10.2. The van der Waals surface area contributed by atoms with Gasteiger partial charge in [-0.2, -0.15) is 0 Å². The van der Waals surface area contributed by atoms with E-state index in [9.17, 15) is 0 Å². The average molecular weight is 332 g/mol. The molecular weight excluding hydrogens is 310 g/mol. The lowest BCUT2D eigenvalue weighted by Crippen LogP contribution is -2.18. The SMILES string of the molecule is CCOc1cc(Br)c(CNCCOC)cc1OCC. The Hall–Kier alpha value is -0.780. The lowest BCUT2D eigenvalue weighted by molar-refractivity contribution is 0.199. The van der Waals surface area contributed by atoms with Crippen LogP contribution in [0.5, 0.6) is 11.5 Å². The van der Waals surface area contributed by atoms with Gasteiger partial charge in [-0.1, -0.05) is 15.9 Å². The second-order valence-electron chi connectivity index (χ2n) is 3.93. The lowest BCUT2D eigenvalue weighted by Gasteiger charge is -2.14. The van der Waals surface area contributed by atoms with Crippen LogP contribution in [0.25, 0.3) is 0 Å². The van der Waals surface area contributed by atoms with Gasteiger partial charge in [0.25, 0.3) is 0 Å². The third-order valence-corrected chi connectivity index (χ3v) is 3.25. The summed E-state index contributed by atoms with van der Waals surface area (Å²) in [6.45, 7) is 7.46. The molecule has 1 N–H and O–H groups in total. The van der Waals surface area contributed by atoms with E-state index in [0.29, 0.717) is 19.8 Å². The van der Waals surface area contributed by atoms with E-state index in [1.54, 1.807) is 7.11 Å². The van der Waals surface area contributed by atoms with E-state index < -0.39 is 0 Å². The Morgan fingerprint density at radius 3 is 2.32 bits per heavy atom. The normalized spacial score (nSPS) is 10.5. The van der Waals surface area contributed by atoms with E-state index in [1.807, 2.05) is 26.0 Å². The zero-order valence-electron chi connectivity index (χ0n) is 11.8. The molecule has 1 aromatic carbocycles. The third kappa shape index (κ3) is 5.38. The number of hydrogen-bond acceptors (Lipinski definition) is 4. The molecule has 1 aromatic rings. The molecule has 0 spiro atoms. The molecule has 0 bridgehead atoms. The predicted octanol–water partition coefficient (Wildman–Crippen LogP) is 2.98. The summed E-state index contributed by atoms with van der Waals surface area (Å²) in [5, 5.41) is 3.31. The molecule has 0 heterocycles. The maximum absolute atomic E-state index is 5.61. The highest BCUT2D eigenvalue weighted by molar-refractivity contribution is 9.10. The minimum Gasteiger partial charge on any atom is -0.490 e. The first-order valence-electron chi connectivity index (χ1n) is 6.50. The van der Waals surface area contributed by atoms with Crippen LogP contribution in [0.15, 0.2) is 16.6 Å². The molecule has 0 unspecified atom stereocenters. The van der Waals surface area contributed by atoms with Gasteiger partial charge in [0.15, 0.2) is 11.5 Å². The fourth-order valence-corrected chi connectivity index (χ4v) is 2.11. The van der Waals surface area contributed by atoms with Gasteiger partial charge in [-0.15, -0.1) is 0 Å². The van der Waals surface area contributed by atoms with Crippen molar-refractivity contribution in [1.29, 1.82) is 0 Å². The van der Waals surface area contributed by atoms with Crippen molar-refractivity contribution < 1.29 is 14.2 Å². The summed E-state index contributed by atoms with van der Waals surface area (Å²) in [4.78, 5) is 0. The molecule has 0 amide bonds. The van der Waals surface area contributed by atoms with E-state index in [4.69, 9.17) is 14.2 Å². The number of rotatable bonds is 9. The van der Waals surface area contributed by atoms with Crippen molar-refractivity contribution in [3.05, 3.63) is 22.2 Å². The van der Waals surface area contributed by atoms with E-state index >= 15 is 0 Å². The van der Waals surface area contributed by atoms with Gasteiger partial charge >= 0.3 is 0 Å². The Balaban J connectivity index is 2.77. The van der Waals surface area contributed by atoms with Crippen molar-refractivity contribution in [3.63, 3.8) is 0 Å². The fourth-order valence-electron chi connectivity index (χ4n) is 1.65. The number of benzene rings is 1. The first-order chi connectivity index (χ1) is 9.22. The smallest absolute Gasteiger partial charge is 0.162 e. The molecule has 0 aliphatic rings. The van der Waals surface area contributed by atoms with Gasteiger partial charge in [-0.05, 0) is 31.5 Å². The van der Waals surface area contributed by atoms with Crippen LogP contribution in [0.1, 0.15) is 19.4 Å². The van der Waals surface area contributed by atoms with Gasteiger partial charge in [-0.3, -0.25) is 0 Å². The van der Waals surface area contributed by atoms with Gasteiger partial charge < -0.3 is 19.5 Å². The Labute approximate surface area is 123 Å². The summed E-state index contributed by atoms with van der Waals surface area (Å²) in [5.41, 5.74) is 1.14. The Morgan fingerprint density at radius 1 is 1.11 bits per heavy atom. The van der Waals surface area contributed by atoms with Gasteiger partial charge in [0.1, 0.15) is 0 Å². The van der Waals surface area contributed by atoms with Crippen LogP contribution in [-0.2, 0) is 11.3 Å². The molecule has 1 rings (SSSR count). The van der Waals surface area contributed by atoms with Crippen molar-refractivity contribution in [2.75, 3.05) is 33.5 Å². The molecule has 4 nitrogen and oxygen atoms in total. The standard InChI is InChI=1S/C14H22BrNO3/c1-4-18-13-8-11(10-16-6-7-17-3)12(15)9-14(13)19-5-2/h8-9,16H,4-7,10H2,1-3H3. The molecule has 0 atom stereocenters. The predicted molar refractivity (Wildman–Crippen MR) is 80.1 cm³/mol. The quantitative estimate of drug-likeness (QED) is 0.706. The molecule has 0 radical (unpaired) electrons. The van der Waals surface area contributed by atoms with Crippen molar-refractivity contribution in [2.24, 2.45) is 0 Å². The average Bonchev–Trinajstić information content (AvgIpc) is 2.39. The molecule has 5 heteroatoms. The van der Waals surface area contributed by atoms with Crippen molar-refractivity contribution in [3.8, 4) is 11.5 Å². The number of methoxy groups -OCH3 is 1. The summed E-state index contributed by atoms with van der Waals surface area (Å²) in [5.74, 6) is 1.56. The van der Waals surface area contributed by atoms with E-state index in [2.05, 4.69) is 21.2 Å². The van der Waals surface area contributed by atoms with Gasteiger partial charge in [0.05, 0.1) is 19.8 Å². The molecule has 0 fully saturated rings. The van der Waals surface area contributed by atoms with Crippen LogP contribution >= 0.6 is 15.9 Å². The highest BCUT2D eigenvalue weighted by Crippen LogP contribution is 2.33. The zero-order chi connectivity index (χ0) is 14.1. The van der Waals surface area contributed by atoms with E-state index in [1.165, 1.54) is 0 Å². The minimum atomic E-state index is 0.623. The molecule has 0 saturated heterocycles. The minimum absolute atomic E-state index is 0.623. The molecule has 108 valence electrons. The van der Waals surface area contributed by atoms with Crippen LogP contribution in [0.4, 0.5) is 0 Å². The van der Waals surface area contributed by atoms with Gasteiger partial charge in [-0.25, -0.2) is 0 Å². The molecule has 0 saturated carbocycles. The monoisotopic (exact) mass is 331 g/mol. The van der Waals surface area contributed by atoms with Gasteiger partial charge in [0, 0.05) is 24.7 Å². The summed E-state index contributed by atoms with van der Waals surface area (Å²) >= 11 is 3.56. The third-order valence-electron chi connectivity index (χ3n) is 2.51. The second kappa shape index (κ2) is 9.18. The summed E-state index contributed by atoms with van der Waals surface area (Å²) in [7, 11) is 1.70.